The number of aromatic nitrogens is 2. The van der Waals surface area contributed by atoms with Gasteiger partial charge in [0.05, 0.1) is 21.8 Å². The average molecular weight is 375 g/mol. The van der Waals surface area contributed by atoms with Crippen molar-refractivity contribution in [3.8, 4) is 11.3 Å². The highest BCUT2D eigenvalue weighted by Gasteiger charge is 2.20. The van der Waals surface area contributed by atoms with Crippen LogP contribution in [0.4, 0.5) is 0 Å². The molecule has 2 aromatic carbocycles. The van der Waals surface area contributed by atoms with Gasteiger partial charge in [0.25, 0.3) is 0 Å². The SMILES string of the molecule is Cc1ccc(-c2cc(C(=O)O)nn2C(C)c2ccc(Cl)c(Cl)c2)cc1. The van der Waals surface area contributed by atoms with Crippen LogP contribution in [0.25, 0.3) is 11.3 Å². The van der Waals surface area contributed by atoms with Gasteiger partial charge in [0, 0.05) is 0 Å². The summed E-state index contributed by atoms with van der Waals surface area (Å²) in [5.41, 5.74) is 3.66. The van der Waals surface area contributed by atoms with Crippen molar-refractivity contribution in [2.24, 2.45) is 0 Å². The number of aromatic carboxylic acids is 1. The molecular formula is C19H16Cl2N2O2. The molecule has 6 heteroatoms. The fraction of sp³-hybridized carbons (Fsp3) is 0.158. The molecule has 1 unspecified atom stereocenters. The van der Waals surface area contributed by atoms with Crippen LogP contribution in [0.15, 0.2) is 48.5 Å². The van der Waals surface area contributed by atoms with Crippen molar-refractivity contribution in [2.45, 2.75) is 19.9 Å². The van der Waals surface area contributed by atoms with Crippen molar-refractivity contribution in [3.05, 3.63) is 75.4 Å². The largest absolute Gasteiger partial charge is 0.476 e. The standard InChI is InChI=1S/C19H16Cl2N2O2/c1-11-3-5-13(6-4-11)18-10-17(19(24)25)22-23(18)12(2)14-7-8-15(20)16(21)9-14/h3-10,12H,1-2H3,(H,24,25). The molecule has 1 aromatic heterocycles. The average Bonchev–Trinajstić information content (AvgIpc) is 3.03. The maximum absolute atomic E-state index is 11.4. The Morgan fingerprint density at radius 1 is 1.08 bits per heavy atom. The molecule has 0 aliphatic carbocycles. The van der Waals surface area contributed by atoms with Crippen LogP contribution in [0.2, 0.25) is 10.0 Å². The zero-order valence-electron chi connectivity index (χ0n) is 13.7. The van der Waals surface area contributed by atoms with E-state index in [1.54, 1.807) is 22.9 Å². The quantitative estimate of drug-likeness (QED) is 0.658. The maximum atomic E-state index is 11.4. The number of halogens is 2. The molecule has 1 heterocycles. The Kier molecular flexibility index (Phi) is 4.84. The first kappa shape index (κ1) is 17.5. The van der Waals surface area contributed by atoms with Crippen LogP contribution in [-0.2, 0) is 0 Å². The lowest BCUT2D eigenvalue weighted by atomic mass is 10.1. The Morgan fingerprint density at radius 2 is 1.76 bits per heavy atom. The summed E-state index contributed by atoms with van der Waals surface area (Å²) >= 11 is 12.1. The summed E-state index contributed by atoms with van der Waals surface area (Å²) in [5, 5.41) is 14.5. The van der Waals surface area contributed by atoms with Crippen molar-refractivity contribution >= 4 is 29.2 Å². The van der Waals surface area contributed by atoms with Crippen molar-refractivity contribution in [1.29, 1.82) is 0 Å². The van der Waals surface area contributed by atoms with Gasteiger partial charge in [-0.3, -0.25) is 4.68 Å². The van der Waals surface area contributed by atoms with E-state index in [4.69, 9.17) is 23.2 Å². The summed E-state index contributed by atoms with van der Waals surface area (Å²) in [6.45, 7) is 3.94. The Balaban J connectivity index is 2.11. The van der Waals surface area contributed by atoms with Crippen molar-refractivity contribution in [3.63, 3.8) is 0 Å². The molecule has 0 aliphatic rings. The van der Waals surface area contributed by atoms with Crippen LogP contribution >= 0.6 is 23.2 Å². The maximum Gasteiger partial charge on any atom is 0.356 e. The third-order valence-corrected chi connectivity index (χ3v) is 4.83. The fourth-order valence-electron chi connectivity index (χ4n) is 2.65. The van der Waals surface area contributed by atoms with E-state index < -0.39 is 5.97 Å². The van der Waals surface area contributed by atoms with E-state index in [2.05, 4.69) is 5.10 Å². The summed E-state index contributed by atoms with van der Waals surface area (Å²) in [6.07, 6.45) is 0. The zero-order valence-corrected chi connectivity index (χ0v) is 15.2. The molecule has 0 fully saturated rings. The van der Waals surface area contributed by atoms with Crippen LogP contribution in [0.5, 0.6) is 0 Å². The van der Waals surface area contributed by atoms with Gasteiger partial charge >= 0.3 is 5.97 Å². The fourth-order valence-corrected chi connectivity index (χ4v) is 2.95. The summed E-state index contributed by atoms with van der Waals surface area (Å²) in [5.74, 6) is -1.06. The molecule has 1 N–H and O–H groups in total. The summed E-state index contributed by atoms with van der Waals surface area (Å²) in [6, 6.07) is 14.6. The second-order valence-electron chi connectivity index (χ2n) is 5.88. The molecule has 0 radical (unpaired) electrons. The highest BCUT2D eigenvalue weighted by Crippen LogP contribution is 2.31. The minimum Gasteiger partial charge on any atom is -0.476 e. The number of nitrogens with zero attached hydrogens (tertiary/aromatic N) is 2. The van der Waals surface area contributed by atoms with E-state index in [0.717, 1.165) is 22.4 Å². The number of carbonyl (C=O) groups is 1. The molecule has 0 bridgehead atoms. The number of hydrogen-bond acceptors (Lipinski definition) is 2. The van der Waals surface area contributed by atoms with Gasteiger partial charge in [-0.2, -0.15) is 5.10 Å². The third-order valence-electron chi connectivity index (χ3n) is 4.10. The van der Waals surface area contributed by atoms with E-state index in [0.29, 0.717) is 10.0 Å². The predicted octanol–water partition coefficient (Wildman–Crippen LogP) is 5.47. The molecule has 3 rings (SSSR count). The molecular weight excluding hydrogens is 359 g/mol. The number of aryl methyl sites for hydroxylation is 1. The van der Waals surface area contributed by atoms with Crippen molar-refractivity contribution in [2.75, 3.05) is 0 Å². The molecule has 1 atom stereocenters. The van der Waals surface area contributed by atoms with Crippen LogP contribution in [0, 0.1) is 6.92 Å². The van der Waals surface area contributed by atoms with Gasteiger partial charge in [0.2, 0.25) is 0 Å². The molecule has 25 heavy (non-hydrogen) atoms. The monoisotopic (exact) mass is 374 g/mol. The number of carboxylic acids is 1. The molecule has 0 amide bonds. The van der Waals surface area contributed by atoms with Crippen LogP contribution in [0.3, 0.4) is 0 Å². The Labute approximate surface area is 155 Å². The Morgan fingerprint density at radius 3 is 2.36 bits per heavy atom. The van der Waals surface area contributed by atoms with E-state index in [1.807, 2.05) is 44.2 Å². The highest BCUT2D eigenvalue weighted by molar-refractivity contribution is 6.42. The molecule has 0 aliphatic heterocycles. The lowest BCUT2D eigenvalue weighted by molar-refractivity contribution is 0.0689. The molecule has 3 aromatic rings. The van der Waals surface area contributed by atoms with E-state index in [9.17, 15) is 9.90 Å². The molecule has 4 nitrogen and oxygen atoms in total. The second-order valence-corrected chi connectivity index (χ2v) is 6.69. The van der Waals surface area contributed by atoms with Crippen molar-refractivity contribution in [1.82, 2.24) is 9.78 Å². The lowest BCUT2D eigenvalue weighted by Crippen LogP contribution is -2.11. The van der Waals surface area contributed by atoms with Gasteiger partial charge in [0.1, 0.15) is 0 Å². The number of rotatable bonds is 4. The predicted molar refractivity (Wildman–Crippen MR) is 99.6 cm³/mol. The summed E-state index contributed by atoms with van der Waals surface area (Å²) in [4.78, 5) is 11.4. The topological polar surface area (TPSA) is 55.1 Å². The van der Waals surface area contributed by atoms with Gasteiger partial charge < -0.3 is 5.11 Å². The van der Waals surface area contributed by atoms with Gasteiger partial charge in [-0.25, -0.2) is 4.79 Å². The van der Waals surface area contributed by atoms with E-state index in [1.165, 1.54) is 0 Å². The molecule has 128 valence electrons. The minimum absolute atomic E-state index is 0.00230. The van der Waals surface area contributed by atoms with Gasteiger partial charge in [-0.1, -0.05) is 59.1 Å². The first-order chi connectivity index (χ1) is 11.9. The van der Waals surface area contributed by atoms with E-state index >= 15 is 0 Å². The van der Waals surface area contributed by atoms with Crippen LogP contribution in [-0.4, -0.2) is 20.9 Å². The van der Waals surface area contributed by atoms with Crippen LogP contribution < -0.4 is 0 Å². The molecule has 0 saturated carbocycles. The lowest BCUT2D eigenvalue weighted by Gasteiger charge is -2.17. The Hall–Kier alpha value is -2.30. The number of hydrogen-bond donors (Lipinski definition) is 1. The van der Waals surface area contributed by atoms with Crippen molar-refractivity contribution < 1.29 is 9.90 Å². The zero-order chi connectivity index (χ0) is 18.1. The normalized spacial score (nSPS) is 12.2. The first-order valence-corrected chi connectivity index (χ1v) is 8.47. The third kappa shape index (κ3) is 3.55. The minimum atomic E-state index is -1.06. The Bertz CT molecular complexity index is 933. The first-order valence-electron chi connectivity index (χ1n) is 7.71. The van der Waals surface area contributed by atoms with E-state index in [-0.39, 0.29) is 11.7 Å². The summed E-state index contributed by atoms with van der Waals surface area (Å²) < 4.78 is 1.70. The second kappa shape index (κ2) is 6.90. The smallest absolute Gasteiger partial charge is 0.356 e. The van der Waals surface area contributed by atoms with Gasteiger partial charge in [0.15, 0.2) is 5.69 Å². The number of carboxylic acid groups (broad SMARTS) is 1. The van der Waals surface area contributed by atoms with Gasteiger partial charge in [-0.15, -0.1) is 0 Å². The van der Waals surface area contributed by atoms with Crippen LogP contribution in [0.1, 0.15) is 34.6 Å². The molecule has 0 spiro atoms. The van der Waals surface area contributed by atoms with Gasteiger partial charge in [-0.05, 0) is 43.2 Å². The summed E-state index contributed by atoms with van der Waals surface area (Å²) in [7, 11) is 0. The molecule has 0 saturated heterocycles. The highest BCUT2D eigenvalue weighted by atomic mass is 35.5. The number of benzene rings is 2.